The Labute approximate surface area is 189 Å². The van der Waals surface area contributed by atoms with Crippen molar-refractivity contribution in [3.05, 3.63) is 99.5 Å². The monoisotopic (exact) mass is 478 g/mol. The minimum Gasteiger partial charge on any atom is -0.488 e. The van der Waals surface area contributed by atoms with Crippen LogP contribution in [0.2, 0.25) is 0 Å². The molecule has 0 bridgehead atoms. The second kappa shape index (κ2) is 9.35. The molecule has 2 amide bonds. The number of para-hydroxylation sites is 1. The molecule has 1 saturated heterocycles. The summed E-state index contributed by atoms with van der Waals surface area (Å²) in [6, 6.07) is 22.6. The minimum atomic E-state index is -0.535. The number of likely N-dealkylation sites (tertiary alicyclic amines) is 1. The molecule has 1 atom stereocenters. The standard InChI is InChI=1S/C25H23BrN2O3/c26-20-12-10-18(11-13-20)22-8-4-14-28(22)25(30)19-6-3-5-17(15-19)16-31-23-9-2-1-7-21(23)24(27)29/h1-3,5-7,9-13,15,22H,4,8,14,16H2,(H2,27,29). The van der Waals surface area contributed by atoms with E-state index < -0.39 is 5.91 Å². The number of amides is 2. The quantitative estimate of drug-likeness (QED) is 0.535. The van der Waals surface area contributed by atoms with Gasteiger partial charge in [0, 0.05) is 16.6 Å². The van der Waals surface area contributed by atoms with Crippen molar-refractivity contribution in [1.29, 1.82) is 0 Å². The molecular weight excluding hydrogens is 456 g/mol. The van der Waals surface area contributed by atoms with E-state index in [0.29, 0.717) is 16.9 Å². The van der Waals surface area contributed by atoms with Gasteiger partial charge in [-0.15, -0.1) is 0 Å². The van der Waals surface area contributed by atoms with Crippen molar-refractivity contribution in [1.82, 2.24) is 4.90 Å². The van der Waals surface area contributed by atoms with Gasteiger partial charge in [-0.2, -0.15) is 0 Å². The van der Waals surface area contributed by atoms with Gasteiger partial charge in [-0.25, -0.2) is 0 Å². The average Bonchev–Trinajstić information content (AvgIpc) is 3.28. The molecule has 158 valence electrons. The van der Waals surface area contributed by atoms with Gasteiger partial charge in [0.1, 0.15) is 12.4 Å². The number of hydrogen-bond acceptors (Lipinski definition) is 3. The molecule has 0 aliphatic carbocycles. The van der Waals surface area contributed by atoms with Crippen LogP contribution >= 0.6 is 15.9 Å². The Morgan fingerprint density at radius 1 is 1.03 bits per heavy atom. The molecule has 1 fully saturated rings. The number of nitrogens with two attached hydrogens (primary N) is 1. The van der Waals surface area contributed by atoms with Crippen molar-refractivity contribution < 1.29 is 14.3 Å². The summed E-state index contributed by atoms with van der Waals surface area (Å²) in [6.07, 6.45) is 1.94. The number of rotatable bonds is 6. The molecule has 5 nitrogen and oxygen atoms in total. The summed E-state index contributed by atoms with van der Waals surface area (Å²) in [6.45, 7) is 0.980. The van der Waals surface area contributed by atoms with Crippen LogP contribution in [0.4, 0.5) is 0 Å². The number of carbonyl (C=O) groups is 2. The van der Waals surface area contributed by atoms with Gasteiger partial charge < -0.3 is 15.4 Å². The second-order valence-corrected chi connectivity index (χ2v) is 8.47. The van der Waals surface area contributed by atoms with Crippen molar-refractivity contribution >= 4 is 27.7 Å². The molecule has 1 aliphatic heterocycles. The highest BCUT2D eigenvalue weighted by molar-refractivity contribution is 9.10. The van der Waals surface area contributed by atoms with Crippen molar-refractivity contribution in [3.63, 3.8) is 0 Å². The fourth-order valence-corrected chi connectivity index (χ4v) is 4.22. The molecule has 31 heavy (non-hydrogen) atoms. The molecule has 0 aromatic heterocycles. The van der Waals surface area contributed by atoms with Crippen LogP contribution in [0.25, 0.3) is 0 Å². The van der Waals surface area contributed by atoms with Crippen LogP contribution in [0.15, 0.2) is 77.3 Å². The molecule has 1 unspecified atom stereocenters. The summed E-state index contributed by atoms with van der Waals surface area (Å²) in [5.74, 6) is -0.0843. The smallest absolute Gasteiger partial charge is 0.254 e. The largest absolute Gasteiger partial charge is 0.488 e. The van der Waals surface area contributed by atoms with Crippen LogP contribution in [-0.2, 0) is 6.61 Å². The number of benzene rings is 3. The first-order valence-corrected chi connectivity index (χ1v) is 11.0. The molecule has 0 radical (unpaired) electrons. The second-order valence-electron chi connectivity index (χ2n) is 7.56. The Morgan fingerprint density at radius 3 is 2.58 bits per heavy atom. The summed E-state index contributed by atoms with van der Waals surface area (Å²) in [5.41, 5.74) is 8.39. The van der Waals surface area contributed by atoms with Crippen molar-refractivity contribution in [2.45, 2.75) is 25.5 Å². The lowest BCUT2D eigenvalue weighted by Gasteiger charge is -2.25. The fourth-order valence-electron chi connectivity index (χ4n) is 3.96. The van der Waals surface area contributed by atoms with E-state index in [1.54, 1.807) is 24.3 Å². The normalized spacial score (nSPS) is 15.6. The highest BCUT2D eigenvalue weighted by Gasteiger charge is 2.30. The Bertz CT molecular complexity index is 1100. The summed E-state index contributed by atoms with van der Waals surface area (Å²) >= 11 is 3.47. The van der Waals surface area contributed by atoms with Crippen molar-refractivity contribution in [2.75, 3.05) is 6.54 Å². The molecule has 4 rings (SSSR count). The molecule has 3 aromatic rings. The molecule has 1 heterocycles. The SMILES string of the molecule is NC(=O)c1ccccc1OCc1cccc(C(=O)N2CCCC2c2ccc(Br)cc2)c1. The Kier molecular flexibility index (Phi) is 6.37. The Hall–Kier alpha value is -3.12. The van der Waals surface area contributed by atoms with E-state index in [0.717, 1.165) is 35.0 Å². The van der Waals surface area contributed by atoms with E-state index in [1.807, 2.05) is 41.3 Å². The van der Waals surface area contributed by atoms with Gasteiger partial charge in [-0.3, -0.25) is 9.59 Å². The van der Waals surface area contributed by atoms with E-state index in [9.17, 15) is 9.59 Å². The van der Waals surface area contributed by atoms with Gasteiger partial charge in [0.15, 0.2) is 0 Å². The van der Waals surface area contributed by atoms with Gasteiger partial charge in [-0.05, 0) is 60.4 Å². The lowest BCUT2D eigenvalue weighted by atomic mass is 10.0. The average molecular weight is 479 g/mol. The van der Waals surface area contributed by atoms with E-state index in [-0.39, 0.29) is 18.6 Å². The first kappa shape index (κ1) is 21.1. The van der Waals surface area contributed by atoms with E-state index in [4.69, 9.17) is 10.5 Å². The third kappa shape index (κ3) is 4.80. The maximum absolute atomic E-state index is 13.3. The summed E-state index contributed by atoms with van der Waals surface area (Å²) < 4.78 is 6.84. The number of hydrogen-bond donors (Lipinski definition) is 1. The molecule has 6 heteroatoms. The third-order valence-electron chi connectivity index (χ3n) is 5.49. The summed E-state index contributed by atoms with van der Waals surface area (Å²) in [7, 11) is 0. The van der Waals surface area contributed by atoms with Crippen molar-refractivity contribution in [3.8, 4) is 5.75 Å². The topological polar surface area (TPSA) is 72.6 Å². The number of carbonyl (C=O) groups excluding carboxylic acids is 2. The third-order valence-corrected chi connectivity index (χ3v) is 6.02. The van der Waals surface area contributed by atoms with E-state index in [1.165, 1.54) is 0 Å². The highest BCUT2D eigenvalue weighted by Crippen LogP contribution is 2.33. The van der Waals surface area contributed by atoms with Gasteiger partial charge in [-0.1, -0.05) is 52.3 Å². The maximum Gasteiger partial charge on any atom is 0.254 e. The zero-order valence-electron chi connectivity index (χ0n) is 17.0. The van der Waals surface area contributed by atoms with E-state index >= 15 is 0 Å². The maximum atomic E-state index is 13.3. The van der Waals surface area contributed by atoms with Crippen LogP contribution in [0.3, 0.4) is 0 Å². The minimum absolute atomic E-state index is 0.0183. The van der Waals surface area contributed by atoms with Crippen molar-refractivity contribution in [2.24, 2.45) is 5.73 Å². The first-order chi connectivity index (χ1) is 15.0. The number of halogens is 1. The van der Waals surface area contributed by atoms with Gasteiger partial charge in [0.05, 0.1) is 11.6 Å². The number of primary amides is 1. The van der Waals surface area contributed by atoms with Crippen LogP contribution in [0, 0.1) is 0 Å². The predicted octanol–water partition coefficient (Wildman–Crippen LogP) is 5.10. The fraction of sp³-hybridized carbons (Fsp3) is 0.200. The van der Waals surface area contributed by atoms with Crippen LogP contribution < -0.4 is 10.5 Å². The zero-order valence-corrected chi connectivity index (χ0v) is 18.5. The van der Waals surface area contributed by atoms with Crippen LogP contribution in [-0.4, -0.2) is 23.3 Å². The molecule has 0 saturated carbocycles. The summed E-state index contributed by atoms with van der Waals surface area (Å²) in [4.78, 5) is 26.8. The number of ether oxygens (including phenoxy) is 1. The molecule has 2 N–H and O–H groups in total. The Balaban J connectivity index is 1.49. The number of nitrogens with zero attached hydrogens (tertiary/aromatic N) is 1. The predicted molar refractivity (Wildman–Crippen MR) is 123 cm³/mol. The van der Waals surface area contributed by atoms with Gasteiger partial charge >= 0.3 is 0 Å². The molecular formula is C25H23BrN2O3. The van der Waals surface area contributed by atoms with Gasteiger partial charge in [0.25, 0.3) is 11.8 Å². The van der Waals surface area contributed by atoms with Gasteiger partial charge in [0.2, 0.25) is 0 Å². The molecule has 3 aromatic carbocycles. The summed E-state index contributed by atoms with van der Waals surface area (Å²) in [5, 5.41) is 0. The van der Waals surface area contributed by atoms with Crippen LogP contribution in [0.5, 0.6) is 5.75 Å². The zero-order chi connectivity index (χ0) is 21.8. The molecule has 1 aliphatic rings. The highest BCUT2D eigenvalue weighted by atomic mass is 79.9. The lowest BCUT2D eigenvalue weighted by molar-refractivity contribution is 0.0735. The van der Waals surface area contributed by atoms with E-state index in [2.05, 4.69) is 28.1 Å². The van der Waals surface area contributed by atoms with Crippen LogP contribution in [0.1, 0.15) is 50.7 Å². The lowest BCUT2D eigenvalue weighted by Crippen LogP contribution is -2.30. The molecule has 0 spiro atoms. The first-order valence-electron chi connectivity index (χ1n) is 10.2. The Morgan fingerprint density at radius 2 is 1.81 bits per heavy atom.